The van der Waals surface area contributed by atoms with Crippen LogP contribution in [-0.2, 0) is 5.72 Å². The van der Waals surface area contributed by atoms with E-state index in [0.29, 0.717) is 22.6 Å². The Labute approximate surface area is 116 Å². The maximum atomic E-state index is 11.1. The number of hydrazine groups is 1. The summed E-state index contributed by atoms with van der Waals surface area (Å²) in [4.78, 5) is 4.23. The normalized spacial score (nSPS) is 20.6. The highest BCUT2D eigenvalue weighted by Crippen LogP contribution is 2.41. The number of hydrogen-bond acceptors (Lipinski definition) is 5. The lowest BCUT2D eigenvalue weighted by Crippen LogP contribution is -2.52. The minimum atomic E-state index is -1.47. The van der Waals surface area contributed by atoms with E-state index in [0.717, 1.165) is 0 Å². The number of aliphatic imine (C=N–C) groups is 1. The highest BCUT2D eigenvalue weighted by molar-refractivity contribution is 5.71. The van der Waals surface area contributed by atoms with E-state index >= 15 is 0 Å². The van der Waals surface area contributed by atoms with Gasteiger partial charge < -0.3 is 9.84 Å². The molecule has 3 N–H and O–H groups in total. The molecule has 2 aromatic rings. The highest BCUT2D eigenvalue weighted by atomic mass is 16.5. The lowest BCUT2D eigenvalue weighted by atomic mass is 9.91. The molecule has 102 valence electrons. The van der Waals surface area contributed by atoms with Crippen molar-refractivity contribution in [3.05, 3.63) is 59.7 Å². The van der Waals surface area contributed by atoms with Gasteiger partial charge in [0.2, 0.25) is 5.72 Å². The fourth-order valence-electron chi connectivity index (χ4n) is 2.36. The first-order valence-corrected chi connectivity index (χ1v) is 6.21. The van der Waals surface area contributed by atoms with E-state index in [9.17, 15) is 5.11 Å². The Morgan fingerprint density at radius 2 is 1.95 bits per heavy atom. The average Bonchev–Trinajstić information content (AvgIpc) is 2.51. The van der Waals surface area contributed by atoms with Gasteiger partial charge in [-0.25, -0.2) is 10.8 Å². The predicted molar refractivity (Wildman–Crippen MR) is 76.6 cm³/mol. The van der Waals surface area contributed by atoms with Crippen LogP contribution in [0.3, 0.4) is 0 Å². The number of fused-ring (bicyclic) bond motifs is 1. The van der Waals surface area contributed by atoms with Gasteiger partial charge in [-0.2, -0.15) is 0 Å². The van der Waals surface area contributed by atoms with Crippen molar-refractivity contribution >= 4 is 12.0 Å². The van der Waals surface area contributed by atoms with E-state index in [1.807, 2.05) is 30.3 Å². The third-order valence-electron chi connectivity index (χ3n) is 3.45. The average molecular weight is 269 g/mol. The van der Waals surface area contributed by atoms with Gasteiger partial charge in [-0.05, 0) is 18.2 Å². The molecular weight excluding hydrogens is 254 g/mol. The van der Waals surface area contributed by atoms with Gasteiger partial charge in [0.15, 0.2) is 0 Å². The second-order valence-electron chi connectivity index (χ2n) is 4.57. The van der Waals surface area contributed by atoms with Gasteiger partial charge in [-0.15, -0.1) is 0 Å². The molecule has 1 atom stereocenters. The standard InChI is InChI=1S/C15H15N3O2/c1-20-12-7-8-14-13(9-12)15(19,18(16)10-17-14)11-5-3-2-4-6-11/h2-10,19H,16H2,1H3. The van der Waals surface area contributed by atoms with E-state index in [1.54, 1.807) is 25.3 Å². The SMILES string of the molecule is COc1ccc2c(c1)C(O)(c1ccccc1)N(N)C=N2. The molecule has 5 heteroatoms. The molecule has 0 radical (unpaired) electrons. The van der Waals surface area contributed by atoms with Crippen LogP contribution in [0, 0.1) is 0 Å². The molecular formula is C15H15N3O2. The molecule has 3 rings (SSSR count). The van der Waals surface area contributed by atoms with Gasteiger partial charge >= 0.3 is 0 Å². The molecule has 1 unspecified atom stereocenters. The van der Waals surface area contributed by atoms with Gasteiger partial charge in [-0.3, -0.25) is 5.01 Å². The summed E-state index contributed by atoms with van der Waals surface area (Å²) in [6.45, 7) is 0. The van der Waals surface area contributed by atoms with Gasteiger partial charge in [0.05, 0.1) is 12.8 Å². The molecule has 0 bridgehead atoms. The van der Waals surface area contributed by atoms with Crippen molar-refractivity contribution in [2.45, 2.75) is 5.72 Å². The first-order valence-electron chi connectivity index (χ1n) is 6.21. The van der Waals surface area contributed by atoms with E-state index < -0.39 is 5.72 Å². The monoisotopic (exact) mass is 269 g/mol. The zero-order valence-corrected chi connectivity index (χ0v) is 11.0. The number of hydrogen-bond donors (Lipinski definition) is 2. The van der Waals surface area contributed by atoms with E-state index in [1.165, 1.54) is 11.3 Å². The smallest absolute Gasteiger partial charge is 0.207 e. The number of nitrogens with two attached hydrogens (primary N) is 1. The van der Waals surface area contributed by atoms with Crippen LogP contribution in [0.2, 0.25) is 0 Å². The Morgan fingerprint density at radius 1 is 1.20 bits per heavy atom. The molecule has 1 aliphatic heterocycles. The van der Waals surface area contributed by atoms with E-state index in [2.05, 4.69) is 4.99 Å². The molecule has 5 nitrogen and oxygen atoms in total. The number of benzene rings is 2. The summed E-state index contributed by atoms with van der Waals surface area (Å²) in [5, 5.41) is 12.3. The highest BCUT2D eigenvalue weighted by Gasteiger charge is 2.40. The summed E-state index contributed by atoms with van der Waals surface area (Å²) in [7, 11) is 1.58. The summed E-state index contributed by atoms with van der Waals surface area (Å²) >= 11 is 0. The lowest BCUT2D eigenvalue weighted by molar-refractivity contribution is -0.0375. The van der Waals surface area contributed by atoms with Gasteiger partial charge in [-0.1, -0.05) is 30.3 Å². The van der Waals surface area contributed by atoms with Crippen molar-refractivity contribution < 1.29 is 9.84 Å². The Kier molecular flexibility index (Phi) is 2.93. The first kappa shape index (κ1) is 12.7. The Balaban J connectivity index is 2.24. The Bertz CT molecular complexity index is 657. The minimum absolute atomic E-state index is 0.591. The van der Waals surface area contributed by atoms with Crippen LogP contribution in [0.1, 0.15) is 11.1 Å². The topological polar surface area (TPSA) is 71.1 Å². The van der Waals surface area contributed by atoms with E-state index in [-0.39, 0.29) is 0 Å². The number of nitrogens with zero attached hydrogens (tertiary/aromatic N) is 2. The molecule has 0 aromatic heterocycles. The van der Waals surface area contributed by atoms with Crippen LogP contribution >= 0.6 is 0 Å². The largest absolute Gasteiger partial charge is 0.497 e. The van der Waals surface area contributed by atoms with Crippen LogP contribution in [0.5, 0.6) is 5.75 Å². The third-order valence-corrected chi connectivity index (χ3v) is 3.45. The van der Waals surface area contributed by atoms with E-state index in [4.69, 9.17) is 10.6 Å². The van der Waals surface area contributed by atoms with Crippen molar-refractivity contribution in [1.82, 2.24) is 5.01 Å². The predicted octanol–water partition coefficient (Wildman–Crippen LogP) is 1.74. The summed E-state index contributed by atoms with van der Waals surface area (Å²) < 4.78 is 5.22. The molecule has 1 aliphatic rings. The molecule has 0 fully saturated rings. The minimum Gasteiger partial charge on any atom is -0.497 e. The lowest BCUT2D eigenvalue weighted by Gasteiger charge is -2.39. The molecule has 0 amide bonds. The van der Waals surface area contributed by atoms with Crippen molar-refractivity contribution in [1.29, 1.82) is 0 Å². The van der Waals surface area contributed by atoms with Crippen LogP contribution in [0.25, 0.3) is 0 Å². The fourth-order valence-corrected chi connectivity index (χ4v) is 2.36. The number of methoxy groups -OCH3 is 1. The van der Waals surface area contributed by atoms with Crippen LogP contribution in [-0.4, -0.2) is 23.6 Å². The first-order chi connectivity index (χ1) is 9.66. The van der Waals surface area contributed by atoms with Crippen molar-refractivity contribution in [3.8, 4) is 5.75 Å². The van der Waals surface area contributed by atoms with Crippen molar-refractivity contribution in [3.63, 3.8) is 0 Å². The summed E-state index contributed by atoms with van der Waals surface area (Å²) in [6, 6.07) is 14.6. The molecule has 0 saturated heterocycles. The maximum Gasteiger partial charge on any atom is 0.207 e. The Hall–Kier alpha value is -2.37. The number of aliphatic hydroxyl groups is 1. The molecule has 20 heavy (non-hydrogen) atoms. The quantitative estimate of drug-likeness (QED) is 0.815. The molecule has 0 aliphatic carbocycles. The zero-order chi connectivity index (χ0) is 14.2. The van der Waals surface area contributed by atoms with Gasteiger partial charge in [0.25, 0.3) is 0 Å². The summed E-state index contributed by atoms with van der Waals surface area (Å²) in [6.07, 6.45) is 1.42. The Morgan fingerprint density at radius 3 is 2.65 bits per heavy atom. The third kappa shape index (κ3) is 1.76. The second kappa shape index (κ2) is 4.63. The van der Waals surface area contributed by atoms with Gasteiger partial charge in [0.1, 0.15) is 12.1 Å². The number of ether oxygens (including phenoxy) is 1. The molecule has 0 spiro atoms. The summed E-state index contributed by atoms with van der Waals surface area (Å²) in [5.74, 6) is 6.59. The second-order valence-corrected chi connectivity index (χ2v) is 4.57. The number of rotatable bonds is 2. The fraction of sp³-hybridized carbons (Fsp3) is 0.133. The van der Waals surface area contributed by atoms with Crippen LogP contribution in [0.4, 0.5) is 5.69 Å². The maximum absolute atomic E-state index is 11.1. The molecule has 2 aromatic carbocycles. The summed E-state index contributed by atoms with van der Waals surface area (Å²) in [5.41, 5.74) is 0.461. The van der Waals surface area contributed by atoms with Crippen molar-refractivity contribution in [2.24, 2.45) is 10.8 Å². The zero-order valence-electron chi connectivity index (χ0n) is 11.0. The van der Waals surface area contributed by atoms with Crippen molar-refractivity contribution in [2.75, 3.05) is 7.11 Å². The van der Waals surface area contributed by atoms with Crippen LogP contribution < -0.4 is 10.6 Å². The molecule has 0 saturated carbocycles. The van der Waals surface area contributed by atoms with Crippen LogP contribution in [0.15, 0.2) is 53.5 Å². The molecule has 1 heterocycles. The van der Waals surface area contributed by atoms with Gasteiger partial charge in [0, 0.05) is 11.1 Å².